The van der Waals surface area contributed by atoms with Gasteiger partial charge in [-0.25, -0.2) is 0 Å². The summed E-state index contributed by atoms with van der Waals surface area (Å²) in [5.41, 5.74) is 0. The van der Waals surface area contributed by atoms with Crippen LogP contribution in [0.3, 0.4) is 0 Å². The standard InChI is InChI=1S/C15H31NO2Si/c1-5-19(6-2,7-3)18-14(4)10-11-15(17)16-12-8-9-13-16/h14H,5-13H2,1-4H3. The van der Waals surface area contributed by atoms with Gasteiger partial charge in [-0.1, -0.05) is 20.8 Å². The highest BCUT2D eigenvalue weighted by Gasteiger charge is 2.30. The molecule has 1 rings (SSSR count). The molecule has 112 valence electrons. The summed E-state index contributed by atoms with van der Waals surface area (Å²) < 4.78 is 6.37. The number of hydrogen-bond acceptors (Lipinski definition) is 2. The van der Waals surface area contributed by atoms with Crippen LogP contribution in [0.5, 0.6) is 0 Å². The molecule has 1 amide bonds. The van der Waals surface area contributed by atoms with Crippen LogP contribution in [-0.4, -0.2) is 38.3 Å². The van der Waals surface area contributed by atoms with Gasteiger partial charge in [-0.15, -0.1) is 0 Å². The van der Waals surface area contributed by atoms with Gasteiger partial charge in [-0.2, -0.15) is 0 Å². The highest BCUT2D eigenvalue weighted by Crippen LogP contribution is 2.24. The van der Waals surface area contributed by atoms with Crippen LogP contribution >= 0.6 is 0 Å². The van der Waals surface area contributed by atoms with E-state index in [-0.39, 0.29) is 6.10 Å². The van der Waals surface area contributed by atoms with Gasteiger partial charge in [0.15, 0.2) is 8.32 Å². The zero-order valence-electron chi connectivity index (χ0n) is 13.2. The van der Waals surface area contributed by atoms with E-state index in [0.29, 0.717) is 12.3 Å². The van der Waals surface area contributed by atoms with Gasteiger partial charge < -0.3 is 9.33 Å². The Morgan fingerprint density at radius 1 is 1.16 bits per heavy atom. The Labute approximate surface area is 119 Å². The number of rotatable bonds is 8. The topological polar surface area (TPSA) is 29.5 Å². The van der Waals surface area contributed by atoms with Crippen LogP contribution in [0.25, 0.3) is 0 Å². The average molecular weight is 286 g/mol. The summed E-state index contributed by atoms with van der Waals surface area (Å²) >= 11 is 0. The molecule has 0 aromatic carbocycles. The fourth-order valence-electron chi connectivity index (χ4n) is 2.94. The number of likely N-dealkylation sites (tertiary alicyclic amines) is 1. The van der Waals surface area contributed by atoms with Crippen molar-refractivity contribution in [3.8, 4) is 0 Å². The monoisotopic (exact) mass is 285 g/mol. The first-order valence-electron chi connectivity index (χ1n) is 8.02. The molecule has 1 atom stereocenters. The van der Waals surface area contributed by atoms with Gasteiger partial charge in [0, 0.05) is 25.6 Å². The molecule has 0 aromatic heterocycles. The third-order valence-electron chi connectivity index (χ3n) is 4.61. The molecule has 0 aliphatic carbocycles. The number of nitrogens with zero attached hydrogens (tertiary/aromatic N) is 1. The average Bonchev–Trinajstić information content (AvgIpc) is 2.96. The Balaban J connectivity index is 2.33. The van der Waals surface area contributed by atoms with E-state index in [1.165, 1.54) is 31.0 Å². The molecular weight excluding hydrogens is 254 g/mol. The predicted molar refractivity (Wildman–Crippen MR) is 82.8 cm³/mol. The Hall–Kier alpha value is -0.353. The molecule has 0 saturated carbocycles. The lowest BCUT2D eigenvalue weighted by molar-refractivity contribution is -0.130. The smallest absolute Gasteiger partial charge is 0.222 e. The maximum Gasteiger partial charge on any atom is 0.222 e. The highest BCUT2D eigenvalue weighted by atomic mass is 28.4. The van der Waals surface area contributed by atoms with Crippen LogP contribution in [0.4, 0.5) is 0 Å². The molecule has 0 radical (unpaired) electrons. The minimum Gasteiger partial charge on any atom is -0.414 e. The molecule has 19 heavy (non-hydrogen) atoms. The van der Waals surface area contributed by atoms with E-state index in [9.17, 15) is 4.79 Å². The number of amides is 1. The second kappa shape index (κ2) is 8.05. The lowest BCUT2D eigenvalue weighted by Crippen LogP contribution is -2.39. The maximum absolute atomic E-state index is 12.0. The molecule has 1 aliphatic heterocycles. The fraction of sp³-hybridized carbons (Fsp3) is 0.933. The highest BCUT2D eigenvalue weighted by molar-refractivity contribution is 6.73. The second-order valence-corrected chi connectivity index (χ2v) is 10.5. The zero-order valence-corrected chi connectivity index (χ0v) is 14.2. The first-order valence-corrected chi connectivity index (χ1v) is 10.6. The lowest BCUT2D eigenvalue weighted by Gasteiger charge is -2.32. The summed E-state index contributed by atoms with van der Waals surface area (Å²) in [5.74, 6) is 0.324. The fourth-order valence-corrected chi connectivity index (χ4v) is 5.91. The molecular formula is C15H31NO2Si. The summed E-state index contributed by atoms with van der Waals surface area (Å²) in [5, 5.41) is 0. The molecule has 4 heteroatoms. The number of carbonyl (C=O) groups is 1. The molecule has 1 aliphatic rings. The molecule has 1 heterocycles. The number of hydrogen-bond donors (Lipinski definition) is 0. The first-order chi connectivity index (χ1) is 9.06. The summed E-state index contributed by atoms with van der Waals surface area (Å²) in [7, 11) is -1.51. The molecule has 1 fully saturated rings. The molecule has 0 N–H and O–H groups in total. The predicted octanol–water partition coefficient (Wildman–Crippen LogP) is 3.80. The second-order valence-electron chi connectivity index (χ2n) is 5.80. The van der Waals surface area contributed by atoms with Gasteiger partial charge in [-0.05, 0) is 44.3 Å². The van der Waals surface area contributed by atoms with Crippen molar-refractivity contribution in [2.75, 3.05) is 13.1 Å². The summed E-state index contributed by atoms with van der Waals surface area (Å²) in [6.45, 7) is 10.8. The van der Waals surface area contributed by atoms with Crippen molar-refractivity contribution >= 4 is 14.2 Å². The van der Waals surface area contributed by atoms with Crippen LogP contribution in [-0.2, 0) is 9.22 Å². The van der Waals surface area contributed by atoms with E-state index in [1.54, 1.807) is 0 Å². The first kappa shape index (κ1) is 16.7. The van der Waals surface area contributed by atoms with Crippen molar-refractivity contribution in [2.24, 2.45) is 0 Å². The van der Waals surface area contributed by atoms with Crippen LogP contribution in [0, 0.1) is 0 Å². The van der Waals surface area contributed by atoms with Crippen molar-refractivity contribution < 1.29 is 9.22 Å². The van der Waals surface area contributed by atoms with Crippen LogP contribution in [0.2, 0.25) is 18.1 Å². The van der Waals surface area contributed by atoms with Gasteiger partial charge in [0.05, 0.1) is 0 Å². The SMILES string of the molecule is CC[Si](CC)(CC)OC(C)CCC(=O)N1CCCC1. The summed E-state index contributed by atoms with van der Waals surface area (Å²) in [4.78, 5) is 14.0. The van der Waals surface area contributed by atoms with Crippen LogP contribution < -0.4 is 0 Å². The maximum atomic E-state index is 12.0. The van der Waals surface area contributed by atoms with Gasteiger partial charge in [0.25, 0.3) is 0 Å². The molecule has 3 nitrogen and oxygen atoms in total. The Bertz CT molecular complexity index is 265. The normalized spacial score (nSPS) is 17.8. The minimum atomic E-state index is -1.51. The van der Waals surface area contributed by atoms with Gasteiger partial charge in [0.1, 0.15) is 0 Å². The largest absolute Gasteiger partial charge is 0.414 e. The van der Waals surface area contributed by atoms with Crippen molar-refractivity contribution in [1.29, 1.82) is 0 Å². The Morgan fingerprint density at radius 2 is 1.68 bits per heavy atom. The van der Waals surface area contributed by atoms with Gasteiger partial charge in [0.2, 0.25) is 5.91 Å². The third kappa shape index (κ3) is 4.92. The van der Waals surface area contributed by atoms with E-state index < -0.39 is 8.32 Å². The summed E-state index contributed by atoms with van der Waals surface area (Å²) in [6.07, 6.45) is 4.12. The minimum absolute atomic E-state index is 0.234. The zero-order chi connectivity index (χ0) is 14.3. The van der Waals surface area contributed by atoms with Crippen molar-refractivity contribution in [3.05, 3.63) is 0 Å². The number of carbonyl (C=O) groups excluding carboxylic acids is 1. The molecule has 1 saturated heterocycles. The van der Waals surface area contributed by atoms with E-state index >= 15 is 0 Å². The van der Waals surface area contributed by atoms with Crippen LogP contribution in [0.1, 0.15) is 53.4 Å². The Morgan fingerprint density at radius 3 is 2.16 bits per heavy atom. The van der Waals surface area contributed by atoms with E-state index in [2.05, 4.69) is 27.7 Å². The van der Waals surface area contributed by atoms with E-state index in [0.717, 1.165) is 19.5 Å². The molecule has 0 aromatic rings. The van der Waals surface area contributed by atoms with Gasteiger partial charge in [-0.3, -0.25) is 4.79 Å². The molecule has 1 unspecified atom stereocenters. The van der Waals surface area contributed by atoms with Crippen LogP contribution in [0.15, 0.2) is 0 Å². The van der Waals surface area contributed by atoms with E-state index in [4.69, 9.17) is 4.43 Å². The van der Waals surface area contributed by atoms with Crippen molar-refractivity contribution in [1.82, 2.24) is 4.90 Å². The third-order valence-corrected chi connectivity index (χ3v) is 9.38. The molecule has 0 spiro atoms. The lowest BCUT2D eigenvalue weighted by atomic mass is 10.2. The Kier molecular flexibility index (Phi) is 7.08. The molecule has 0 bridgehead atoms. The quantitative estimate of drug-likeness (QED) is 0.635. The van der Waals surface area contributed by atoms with Gasteiger partial charge >= 0.3 is 0 Å². The van der Waals surface area contributed by atoms with Crippen molar-refractivity contribution in [2.45, 2.75) is 77.6 Å². The van der Waals surface area contributed by atoms with Crippen molar-refractivity contribution in [3.63, 3.8) is 0 Å². The summed E-state index contributed by atoms with van der Waals surface area (Å²) in [6, 6.07) is 3.55. The van der Waals surface area contributed by atoms with E-state index in [1.807, 2.05) is 4.90 Å².